The van der Waals surface area contributed by atoms with Gasteiger partial charge < -0.3 is 9.73 Å². The molecule has 1 aromatic heterocycles. The Morgan fingerprint density at radius 1 is 1.32 bits per heavy atom. The lowest BCUT2D eigenvalue weighted by Crippen LogP contribution is -2.16. The van der Waals surface area contributed by atoms with Crippen molar-refractivity contribution in [3.63, 3.8) is 0 Å². The van der Waals surface area contributed by atoms with Gasteiger partial charge in [-0.2, -0.15) is 0 Å². The Kier molecular flexibility index (Phi) is 3.09. The Hall–Kier alpha value is -1.35. The van der Waals surface area contributed by atoms with E-state index in [1.54, 1.807) is 0 Å². The summed E-state index contributed by atoms with van der Waals surface area (Å²) in [7, 11) is 0. The summed E-state index contributed by atoms with van der Waals surface area (Å²) >= 11 is 0. The lowest BCUT2D eigenvalue weighted by Gasteiger charge is -2.18. The van der Waals surface area contributed by atoms with Crippen LogP contribution in [-0.4, -0.2) is 11.5 Å². The SMILES string of the molecule is CC(C)(C)c1ccc2oc(CNCC3CC3)nc2c1. The van der Waals surface area contributed by atoms with E-state index in [4.69, 9.17) is 4.42 Å². The summed E-state index contributed by atoms with van der Waals surface area (Å²) in [6.45, 7) is 8.47. The van der Waals surface area contributed by atoms with Crippen molar-refractivity contribution in [2.75, 3.05) is 6.54 Å². The molecule has 1 heterocycles. The van der Waals surface area contributed by atoms with Crippen molar-refractivity contribution in [2.24, 2.45) is 5.92 Å². The Morgan fingerprint density at radius 2 is 2.11 bits per heavy atom. The van der Waals surface area contributed by atoms with E-state index < -0.39 is 0 Å². The molecule has 1 saturated carbocycles. The Labute approximate surface area is 114 Å². The molecule has 0 unspecified atom stereocenters. The number of rotatable bonds is 4. The maximum Gasteiger partial charge on any atom is 0.209 e. The van der Waals surface area contributed by atoms with Gasteiger partial charge in [0.25, 0.3) is 0 Å². The minimum atomic E-state index is 0.150. The monoisotopic (exact) mass is 258 g/mol. The molecule has 0 aliphatic heterocycles. The minimum Gasteiger partial charge on any atom is -0.439 e. The van der Waals surface area contributed by atoms with Crippen molar-refractivity contribution in [1.82, 2.24) is 10.3 Å². The fraction of sp³-hybridized carbons (Fsp3) is 0.562. The number of fused-ring (bicyclic) bond motifs is 1. The van der Waals surface area contributed by atoms with Gasteiger partial charge in [-0.05, 0) is 48.4 Å². The van der Waals surface area contributed by atoms with Gasteiger partial charge >= 0.3 is 0 Å². The normalized spacial score (nSPS) is 16.2. The average molecular weight is 258 g/mol. The van der Waals surface area contributed by atoms with E-state index in [1.807, 2.05) is 6.07 Å². The summed E-state index contributed by atoms with van der Waals surface area (Å²) in [5.74, 6) is 1.68. The molecule has 1 aromatic carbocycles. The van der Waals surface area contributed by atoms with Gasteiger partial charge in [0.05, 0.1) is 6.54 Å². The van der Waals surface area contributed by atoms with Crippen molar-refractivity contribution in [1.29, 1.82) is 0 Å². The van der Waals surface area contributed by atoms with Gasteiger partial charge in [0.15, 0.2) is 5.58 Å². The van der Waals surface area contributed by atoms with Crippen LogP contribution in [0, 0.1) is 5.92 Å². The van der Waals surface area contributed by atoms with Gasteiger partial charge in [-0.3, -0.25) is 0 Å². The highest BCUT2D eigenvalue weighted by Gasteiger charge is 2.20. The van der Waals surface area contributed by atoms with Crippen LogP contribution in [0.4, 0.5) is 0 Å². The van der Waals surface area contributed by atoms with Crippen LogP contribution in [-0.2, 0) is 12.0 Å². The molecule has 3 heteroatoms. The molecule has 102 valence electrons. The van der Waals surface area contributed by atoms with Crippen LogP contribution in [0.1, 0.15) is 45.1 Å². The quantitative estimate of drug-likeness (QED) is 0.910. The van der Waals surface area contributed by atoms with Gasteiger partial charge in [0.2, 0.25) is 5.89 Å². The van der Waals surface area contributed by atoms with Crippen LogP contribution in [0.25, 0.3) is 11.1 Å². The first-order valence-corrected chi connectivity index (χ1v) is 7.13. The summed E-state index contributed by atoms with van der Waals surface area (Å²) < 4.78 is 5.76. The van der Waals surface area contributed by atoms with Crippen molar-refractivity contribution in [3.8, 4) is 0 Å². The number of nitrogens with zero attached hydrogens (tertiary/aromatic N) is 1. The number of nitrogens with one attached hydrogen (secondary N) is 1. The van der Waals surface area contributed by atoms with E-state index >= 15 is 0 Å². The van der Waals surface area contributed by atoms with E-state index in [1.165, 1.54) is 18.4 Å². The first-order valence-electron chi connectivity index (χ1n) is 7.13. The highest BCUT2D eigenvalue weighted by Crippen LogP contribution is 2.28. The smallest absolute Gasteiger partial charge is 0.209 e. The number of benzene rings is 1. The van der Waals surface area contributed by atoms with Crippen LogP contribution in [0.2, 0.25) is 0 Å². The summed E-state index contributed by atoms with van der Waals surface area (Å²) in [5, 5.41) is 3.41. The van der Waals surface area contributed by atoms with Crippen LogP contribution in [0.5, 0.6) is 0 Å². The molecule has 1 N–H and O–H groups in total. The predicted octanol–water partition coefficient (Wildman–Crippen LogP) is 3.62. The highest BCUT2D eigenvalue weighted by atomic mass is 16.3. The van der Waals surface area contributed by atoms with Crippen LogP contribution in [0.15, 0.2) is 22.6 Å². The van der Waals surface area contributed by atoms with E-state index in [9.17, 15) is 0 Å². The molecule has 0 bridgehead atoms. The number of hydrogen-bond donors (Lipinski definition) is 1. The van der Waals surface area contributed by atoms with Gasteiger partial charge in [-0.15, -0.1) is 0 Å². The summed E-state index contributed by atoms with van der Waals surface area (Å²) in [6.07, 6.45) is 2.74. The minimum absolute atomic E-state index is 0.150. The van der Waals surface area contributed by atoms with Crippen molar-refractivity contribution in [3.05, 3.63) is 29.7 Å². The van der Waals surface area contributed by atoms with Gasteiger partial charge in [0, 0.05) is 0 Å². The highest BCUT2D eigenvalue weighted by molar-refractivity contribution is 5.73. The first-order chi connectivity index (χ1) is 9.02. The third-order valence-electron chi connectivity index (χ3n) is 3.70. The summed E-state index contributed by atoms with van der Waals surface area (Å²) in [4.78, 5) is 4.57. The molecular formula is C16H22N2O. The van der Waals surface area contributed by atoms with Crippen LogP contribution in [0.3, 0.4) is 0 Å². The second-order valence-corrected chi connectivity index (χ2v) is 6.61. The van der Waals surface area contributed by atoms with E-state index in [0.717, 1.165) is 36.0 Å². The number of aromatic nitrogens is 1. The lowest BCUT2D eigenvalue weighted by atomic mass is 9.87. The molecular weight excluding hydrogens is 236 g/mol. The molecule has 0 atom stereocenters. The zero-order valence-corrected chi connectivity index (χ0v) is 12.0. The molecule has 0 amide bonds. The van der Waals surface area contributed by atoms with E-state index in [2.05, 4.69) is 43.2 Å². The predicted molar refractivity (Wildman–Crippen MR) is 77.1 cm³/mol. The molecule has 0 radical (unpaired) electrons. The lowest BCUT2D eigenvalue weighted by molar-refractivity contribution is 0.489. The molecule has 19 heavy (non-hydrogen) atoms. The van der Waals surface area contributed by atoms with E-state index in [-0.39, 0.29) is 5.41 Å². The second kappa shape index (κ2) is 4.64. The van der Waals surface area contributed by atoms with Crippen molar-refractivity contribution in [2.45, 2.75) is 45.6 Å². The summed E-state index contributed by atoms with van der Waals surface area (Å²) in [6, 6.07) is 6.31. The fourth-order valence-electron chi connectivity index (χ4n) is 2.22. The fourth-order valence-corrected chi connectivity index (χ4v) is 2.22. The van der Waals surface area contributed by atoms with Gasteiger partial charge in [-0.1, -0.05) is 26.8 Å². The topological polar surface area (TPSA) is 38.1 Å². The van der Waals surface area contributed by atoms with Gasteiger partial charge in [0.1, 0.15) is 5.52 Å². The molecule has 1 aliphatic carbocycles. The van der Waals surface area contributed by atoms with E-state index in [0.29, 0.717) is 0 Å². The first kappa shape index (κ1) is 12.7. The third-order valence-corrected chi connectivity index (χ3v) is 3.70. The second-order valence-electron chi connectivity index (χ2n) is 6.61. The van der Waals surface area contributed by atoms with Gasteiger partial charge in [-0.25, -0.2) is 4.98 Å². The molecule has 1 aliphatic rings. The number of oxazole rings is 1. The molecule has 2 aromatic rings. The zero-order chi connectivity index (χ0) is 13.5. The molecule has 3 rings (SSSR count). The van der Waals surface area contributed by atoms with Crippen molar-refractivity contribution >= 4 is 11.1 Å². The van der Waals surface area contributed by atoms with Crippen molar-refractivity contribution < 1.29 is 4.42 Å². The standard InChI is InChI=1S/C16H22N2O/c1-16(2,3)12-6-7-14-13(8-12)18-15(19-14)10-17-9-11-4-5-11/h6-8,11,17H,4-5,9-10H2,1-3H3. The average Bonchev–Trinajstić information content (AvgIpc) is 3.06. The number of hydrogen-bond acceptors (Lipinski definition) is 3. The Bertz CT molecular complexity index is 576. The maximum absolute atomic E-state index is 5.76. The zero-order valence-electron chi connectivity index (χ0n) is 12.0. The Morgan fingerprint density at radius 3 is 2.79 bits per heavy atom. The van der Waals surface area contributed by atoms with Crippen LogP contribution < -0.4 is 5.32 Å². The molecule has 0 spiro atoms. The molecule has 3 nitrogen and oxygen atoms in total. The van der Waals surface area contributed by atoms with Crippen LogP contribution >= 0.6 is 0 Å². The third kappa shape index (κ3) is 2.98. The summed E-state index contributed by atoms with van der Waals surface area (Å²) in [5.41, 5.74) is 3.30. The molecule has 1 fully saturated rings. The molecule has 0 saturated heterocycles. The largest absolute Gasteiger partial charge is 0.439 e. The Balaban J connectivity index is 1.75. The maximum atomic E-state index is 5.76.